The van der Waals surface area contributed by atoms with Crippen molar-refractivity contribution >= 4 is 28.6 Å². The van der Waals surface area contributed by atoms with Gasteiger partial charge in [-0.3, -0.25) is 4.79 Å². The minimum Gasteiger partial charge on any atom is -0.462 e. The van der Waals surface area contributed by atoms with Gasteiger partial charge in [0.05, 0.1) is 17.6 Å². The fraction of sp³-hybridized carbons (Fsp3) is 0.263. The van der Waals surface area contributed by atoms with Gasteiger partial charge in [-0.05, 0) is 44.0 Å². The van der Waals surface area contributed by atoms with Gasteiger partial charge in [-0.1, -0.05) is 12.1 Å². The van der Waals surface area contributed by atoms with Crippen molar-refractivity contribution in [1.82, 2.24) is 4.98 Å². The van der Waals surface area contributed by atoms with E-state index in [0.717, 1.165) is 34.3 Å². The molecule has 0 aliphatic carbocycles. The lowest BCUT2D eigenvalue weighted by atomic mass is 10.2. The molecular weight excluding hydrogens is 334 g/mol. The molecule has 0 bridgehead atoms. The van der Waals surface area contributed by atoms with Gasteiger partial charge in [0.2, 0.25) is 0 Å². The standard InChI is InChI=1S/C19H19N3O2S/c1-13-17(21-19(25-13)16-9-6-12-24-16)18(23)20-14-7-2-3-8-15(14)22-10-4-5-11-22/h2-3,6-9,12H,4-5,10-11H2,1H3,(H,20,23). The number of nitrogens with zero attached hydrogens (tertiary/aromatic N) is 2. The minimum atomic E-state index is -0.182. The lowest BCUT2D eigenvalue weighted by Gasteiger charge is -2.21. The molecule has 3 heterocycles. The Bertz CT molecular complexity index is 880. The highest BCUT2D eigenvalue weighted by atomic mass is 32.1. The van der Waals surface area contributed by atoms with Crippen LogP contribution in [0, 0.1) is 6.92 Å². The number of carbonyl (C=O) groups is 1. The molecule has 1 aliphatic rings. The normalized spacial score (nSPS) is 14.0. The number of benzene rings is 1. The first kappa shape index (κ1) is 15.9. The lowest BCUT2D eigenvalue weighted by molar-refractivity contribution is 0.102. The molecule has 4 rings (SSSR count). The number of para-hydroxylation sites is 2. The Balaban J connectivity index is 1.59. The Hall–Kier alpha value is -2.60. The van der Waals surface area contributed by atoms with Gasteiger partial charge in [0.25, 0.3) is 5.91 Å². The molecule has 1 aromatic carbocycles. The molecule has 25 heavy (non-hydrogen) atoms. The number of nitrogens with one attached hydrogen (secondary N) is 1. The Kier molecular flexibility index (Phi) is 4.28. The van der Waals surface area contributed by atoms with Crippen molar-refractivity contribution < 1.29 is 9.21 Å². The van der Waals surface area contributed by atoms with Crippen LogP contribution < -0.4 is 10.2 Å². The average Bonchev–Trinajstić information content (AvgIpc) is 3.37. The van der Waals surface area contributed by atoms with Gasteiger partial charge in [0.1, 0.15) is 5.69 Å². The highest BCUT2D eigenvalue weighted by Crippen LogP contribution is 2.31. The maximum Gasteiger partial charge on any atom is 0.275 e. The molecule has 2 aromatic heterocycles. The second-order valence-electron chi connectivity index (χ2n) is 6.07. The second-order valence-corrected chi connectivity index (χ2v) is 7.27. The summed E-state index contributed by atoms with van der Waals surface area (Å²) in [6, 6.07) is 11.6. The van der Waals surface area contributed by atoms with Crippen LogP contribution in [0.5, 0.6) is 0 Å². The van der Waals surface area contributed by atoms with E-state index in [2.05, 4.69) is 21.3 Å². The van der Waals surface area contributed by atoms with E-state index in [4.69, 9.17) is 4.42 Å². The largest absolute Gasteiger partial charge is 0.462 e. The van der Waals surface area contributed by atoms with E-state index in [0.29, 0.717) is 11.5 Å². The predicted octanol–water partition coefficient (Wildman–Crippen LogP) is 4.56. The maximum atomic E-state index is 12.8. The average molecular weight is 353 g/mol. The summed E-state index contributed by atoms with van der Waals surface area (Å²) in [4.78, 5) is 20.4. The molecule has 128 valence electrons. The van der Waals surface area contributed by atoms with Crippen molar-refractivity contribution in [3.63, 3.8) is 0 Å². The van der Waals surface area contributed by atoms with Crippen molar-refractivity contribution in [2.45, 2.75) is 19.8 Å². The summed E-state index contributed by atoms with van der Waals surface area (Å²) in [7, 11) is 0. The summed E-state index contributed by atoms with van der Waals surface area (Å²) in [6.45, 7) is 3.97. The Morgan fingerprint density at radius 3 is 2.76 bits per heavy atom. The summed E-state index contributed by atoms with van der Waals surface area (Å²) >= 11 is 1.46. The van der Waals surface area contributed by atoms with Gasteiger partial charge in [-0.15, -0.1) is 11.3 Å². The first-order chi connectivity index (χ1) is 12.2. The van der Waals surface area contributed by atoms with Crippen LogP contribution in [0.25, 0.3) is 10.8 Å². The molecule has 1 fully saturated rings. The van der Waals surface area contributed by atoms with Crippen molar-refractivity contribution in [3.05, 3.63) is 53.2 Å². The third-order valence-electron chi connectivity index (χ3n) is 4.34. The van der Waals surface area contributed by atoms with Crippen molar-refractivity contribution in [1.29, 1.82) is 0 Å². The van der Waals surface area contributed by atoms with Crippen LogP contribution in [0.4, 0.5) is 11.4 Å². The monoisotopic (exact) mass is 353 g/mol. The maximum absolute atomic E-state index is 12.8. The lowest BCUT2D eigenvalue weighted by Crippen LogP contribution is -2.21. The molecule has 0 saturated carbocycles. The van der Waals surface area contributed by atoms with Crippen LogP contribution in [-0.2, 0) is 0 Å². The van der Waals surface area contributed by atoms with Gasteiger partial charge in [0, 0.05) is 18.0 Å². The molecule has 1 aliphatic heterocycles. The van der Waals surface area contributed by atoms with Crippen LogP contribution in [0.1, 0.15) is 28.2 Å². The fourth-order valence-corrected chi connectivity index (χ4v) is 3.99. The first-order valence-corrected chi connectivity index (χ1v) is 9.20. The third kappa shape index (κ3) is 3.17. The zero-order valence-electron chi connectivity index (χ0n) is 14.0. The summed E-state index contributed by atoms with van der Waals surface area (Å²) in [5.74, 6) is 0.503. The van der Waals surface area contributed by atoms with Gasteiger partial charge in [-0.25, -0.2) is 4.98 Å². The number of aromatic nitrogens is 1. The molecule has 1 amide bonds. The van der Waals surface area contributed by atoms with E-state index in [1.807, 2.05) is 37.3 Å². The molecule has 6 heteroatoms. The Morgan fingerprint density at radius 1 is 1.20 bits per heavy atom. The highest BCUT2D eigenvalue weighted by Gasteiger charge is 2.20. The summed E-state index contributed by atoms with van der Waals surface area (Å²) < 4.78 is 5.38. The van der Waals surface area contributed by atoms with Gasteiger partial charge >= 0.3 is 0 Å². The SMILES string of the molecule is Cc1sc(-c2ccco2)nc1C(=O)Nc1ccccc1N1CCCC1. The molecule has 0 unspecified atom stereocenters. The molecule has 1 N–H and O–H groups in total. The van der Waals surface area contributed by atoms with Crippen LogP contribution >= 0.6 is 11.3 Å². The third-order valence-corrected chi connectivity index (χ3v) is 5.33. The van der Waals surface area contributed by atoms with Crippen LogP contribution in [0.3, 0.4) is 0 Å². The topological polar surface area (TPSA) is 58.4 Å². The van der Waals surface area contributed by atoms with Crippen molar-refractivity contribution in [2.75, 3.05) is 23.3 Å². The number of carbonyl (C=O) groups excluding carboxylic acids is 1. The minimum absolute atomic E-state index is 0.182. The molecule has 0 atom stereocenters. The quantitative estimate of drug-likeness (QED) is 0.747. The zero-order chi connectivity index (χ0) is 17.2. The Morgan fingerprint density at radius 2 is 2.00 bits per heavy atom. The summed E-state index contributed by atoms with van der Waals surface area (Å²) in [5, 5.41) is 3.76. The van der Waals surface area contributed by atoms with E-state index in [-0.39, 0.29) is 5.91 Å². The smallest absolute Gasteiger partial charge is 0.275 e. The van der Waals surface area contributed by atoms with Gasteiger partial charge in [-0.2, -0.15) is 0 Å². The van der Waals surface area contributed by atoms with Crippen molar-refractivity contribution in [2.24, 2.45) is 0 Å². The molecule has 0 spiro atoms. The van der Waals surface area contributed by atoms with Crippen LogP contribution in [0.15, 0.2) is 47.1 Å². The highest BCUT2D eigenvalue weighted by molar-refractivity contribution is 7.15. The number of aryl methyl sites for hydroxylation is 1. The number of hydrogen-bond acceptors (Lipinski definition) is 5. The fourth-order valence-electron chi connectivity index (χ4n) is 3.11. The summed E-state index contributed by atoms with van der Waals surface area (Å²) in [5.41, 5.74) is 2.36. The predicted molar refractivity (Wildman–Crippen MR) is 100 cm³/mol. The number of hydrogen-bond donors (Lipinski definition) is 1. The zero-order valence-corrected chi connectivity index (χ0v) is 14.8. The number of furan rings is 1. The van der Waals surface area contributed by atoms with E-state index in [1.165, 1.54) is 24.2 Å². The van der Waals surface area contributed by atoms with E-state index in [1.54, 1.807) is 6.26 Å². The molecular formula is C19H19N3O2S. The number of anilines is 2. The van der Waals surface area contributed by atoms with E-state index in [9.17, 15) is 4.79 Å². The van der Waals surface area contributed by atoms with E-state index < -0.39 is 0 Å². The molecule has 5 nitrogen and oxygen atoms in total. The second kappa shape index (κ2) is 6.72. The number of rotatable bonds is 4. The number of thiazole rings is 1. The van der Waals surface area contributed by atoms with E-state index >= 15 is 0 Å². The van der Waals surface area contributed by atoms with Gasteiger partial charge < -0.3 is 14.6 Å². The van der Waals surface area contributed by atoms with Crippen molar-refractivity contribution in [3.8, 4) is 10.8 Å². The summed E-state index contributed by atoms with van der Waals surface area (Å²) in [6.07, 6.45) is 4.00. The van der Waals surface area contributed by atoms with Gasteiger partial charge in [0.15, 0.2) is 10.8 Å². The molecule has 1 saturated heterocycles. The molecule has 0 radical (unpaired) electrons. The van der Waals surface area contributed by atoms with Crippen LogP contribution in [-0.4, -0.2) is 24.0 Å². The van der Waals surface area contributed by atoms with Crippen LogP contribution in [0.2, 0.25) is 0 Å². The Labute approximate surface area is 150 Å². The number of amides is 1. The first-order valence-electron chi connectivity index (χ1n) is 8.39. The molecule has 3 aromatic rings.